The van der Waals surface area contributed by atoms with Crippen molar-refractivity contribution in [3.63, 3.8) is 0 Å². The largest absolute Gasteiger partial charge is 0.359 e. The van der Waals surface area contributed by atoms with Crippen LogP contribution in [0.15, 0.2) is 9.72 Å². The fourth-order valence-corrected chi connectivity index (χ4v) is 3.09. The highest BCUT2D eigenvalue weighted by Crippen LogP contribution is 2.29. The van der Waals surface area contributed by atoms with Crippen LogP contribution in [0.4, 0.5) is 0 Å². The maximum absolute atomic E-state index is 11.0. The molecule has 1 heterocycles. The molecule has 0 radical (unpaired) electrons. The third-order valence-corrected chi connectivity index (χ3v) is 4.11. The Morgan fingerprint density at radius 3 is 2.75 bits per heavy atom. The molecule has 0 aliphatic carbocycles. The molecule has 16 heavy (non-hydrogen) atoms. The summed E-state index contributed by atoms with van der Waals surface area (Å²) in [5.74, 6) is 0.872. The van der Waals surface area contributed by atoms with Gasteiger partial charge in [0.15, 0.2) is 0 Å². The second-order valence-electron chi connectivity index (χ2n) is 4.52. The van der Waals surface area contributed by atoms with E-state index >= 15 is 0 Å². The van der Waals surface area contributed by atoms with Crippen LogP contribution < -0.4 is 5.32 Å². The minimum Gasteiger partial charge on any atom is -0.359 e. The molecule has 0 aliphatic heterocycles. The van der Waals surface area contributed by atoms with Gasteiger partial charge >= 0.3 is 0 Å². The summed E-state index contributed by atoms with van der Waals surface area (Å²) >= 11 is 3.30. The summed E-state index contributed by atoms with van der Waals surface area (Å²) in [6.45, 7) is 6.46. The lowest BCUT2D eigenvalue weighted by Crippen LogP contribution is -2.17. The first kappa shape index (κ1) is 13.5. The predicted molar refractivity (Wildman–Crippen MR) is 70.2 cm³/mol. The van der Waals surface area contributed by atoms with Gasteiger partial charge in [-0.05, 0) is 0 Å². The predicted octanol–water partition coefficient (Wildman–Crippen LogP) is 2.67. The first-order chi connectivity index (χ1) is 7.43. The fraction of sp³-hybridized carbons (Fsp3) is 0.636. The number of thioether (sulfide) groups is 1. The molecule has 1 N–H and O–H groups in total. The van der Waals surface area contributed by atoms with Crippen molar-refractivity contribution >= 4 is 29.0 Å². The maximum Gasteiger partial charge on any atom is 0.220 e. The number of carbonyl (C=O) groups is 1. The van der Waals surface area contributed by atoms with Crippen LogP contribution in [-0.2, 0) is 10.2 Å². The molecule has 1 amide bonds. The zero-order valence-electron chi connectivity index (χ0n) is 10.2. The summed E-state index contributed by atoms with van der Waals surface area (Å²) in [5, 5.41) is 4.71. The number of hydrogen-bond donors (Lipinski definition) is 1. The molecule has 0 aromatic carbocycles. The SMILES string of the molecule is CNC(=O)CCSc1nc(C(C)(C)C)cs1. The lowest BCUT2D eigenvalue weighted by Gasteiger charge is -2.14. The van der Waals surface area contributed by atoms with Gasteiger partial charge in [0.25, 0.3) is 0 Å². The molecular formula is C11H18N2OS2. The van der Waals surface area contributed by atoms with Crippen LogP contribution in [0.25, 0.3) is 0 Å². The third-order valence-electron chi connectivity index (χ3n) is 2.09. The van der Waals surface area contributed by atoms with E-state index in [1.807, 2.05) is 0 Å². The van der Waals surface area contributed by atoms with Gasteiger partial charge in [0.05, 0.1) is 5.69 Å². The minimum atomic E-state index is 0.0834. The number of hydrogen-bond acceptors (Lipinski definition) is 4. The lowest BCUT2D eigenvalue weighted by molar-refractivity contribution is -0.120. The van der Waals surface area contributed by atoms with Gasteiger partial charge in [0.1, 0.15) is 4.34 Å². The summed E-state index contributed by atoms with van der Waals surface area (Å²) in [6, 6.07) is 0. The van der Waals surface area contributed by atoms with Crippen LogP contribution in [0.5, 0.6) is 0 Å². The minimum absolute atomic E-state index is 0.0834. The van der Waals surface area contributed by atoms with Crippen molar-refractivity contribution < 1.29 is 4.79 Å². The zero-order chi connectivity index (χ0) is 12.2. The van der Waals surface area contributed by atoms with E-state index in [2.05, 4.69) is 36.5 Å². The van der Waals surface area contributed by atoms with Gasteiger partial charge in [-0.3, -0.25) is 4.79 Å². The van der Waals surface area contributed by atoms with Gasteiger partial charge in [0, 0.05) is 30.0 Å². The maximum atomic E-state index is 11.0. The molecule has 0 saturated carbocycles. The molecule has 0 spiro atoms. The highest BCUT2D eigenvalue weighted by Gasteiger charge is 2.17. The topological polar surface area (TPSA) is 42.0 Å². The van der Waals surface area contributed by atoms with Crippen molar-refractivity contribution in [3.05, 3.63) is 11.1 Å². The van der Waals surface area contributed by atoms with E-state index in [4.69, 9.17) is 0 Å². The monoisotopic (exact) mass is 258 g/mol. The van der Waals surface area contributed by atoms with Crippen molar-refractivity contribution in [2.24, 2.45) is 0 Å². The third kappa shape index (κ3) is 4.14. The van der Waals surface area contributed by atoms with Crippen molar-refractivity contribution in [3.8, 4) is 0 Å². The molecule has 0 saturated heterocycles. The average molecular weight is 258 g/mol. The Kier molecular flexibility index (Phi) is 4.80. The molecule has 1 aromatic rings. The summed E-state index contributed by atoms with van der Waals surface area (Å²) in [6.07, 6.45) is 0.547. The molecule has 0 atom stereocenters. The summed E-state index contributed by atoms with van der Waals surface area (Å²) in [4.78, 5) is 15.6. The van der Waals surface area contributed by atoms with Crippen LogP contribution in [-0.4, -0.2) is 23.7 Å². The molecule has 0 aliphatic rings. The number of nitrogens with zero attached hydrogens (tertiary/aromatic N) is 1. The summed E-state index contributed by atoms with van der Waals surface area (Å²) in [5.41, 5.74) is 1.23. The van der Waals surface area contributed by atoms with Gasteiger partial charge in [-0.15, -0.1) is 11.3 Å². The van der Waals surface area contributed by atoms with Crippen LogP contribution >= 0.6 is 23.1 Å². The number of nitrogens with one attached hydrogen (secondary N) is 1. The zero-order valence-corrected chi connectivity index (χ0v) is 11.8. The quantitative estimate of drug-likeness (QED) is 0.844. The molecule has 1 aromatic heterocycles. The highest BCUT2D eigenvalue weighted by atomic mass is 32.2. The van der Waals surface area contributed by atoms with Crippen molar-refractivity contribution in [1.82, 2.24) is 10.3 Å². The van der Waals surface area contributed by atoms with Crippen molar-refractivity contribution in [2.45, 2.75) is 36.9 Å². The Balaban J connectivity index is 2.44. The summed E-state index contributed by atoms with van der Waals surface area (Å²) < 4.78 is 1.05. The van der Waals surface area contributed by atoms with E-state index in [-0.39, 0.29) is 11.3 Å². The Morgan fingerprint density at radius 2 is 2.25 bits per heavy atom. The number of rotatable bonds is 4. The Hall–Kier alpha value is -0.550. The molecule has 0 unspecified atom stereocenters. The Bertz CT molecular complexity index is 355. The van der Waals surface area contributed by atoms with Gasteiger partial charge in [-0.2, -0.15) is 0 Å². The number of amides is 1. The Morgan fingerprint density at radius 1 is 1.56 bits per heavy atom. The van der Waals surface area contributed by atoms with Crippen molar-refractivity contribution in [2.75, 3.05) is 12.8 Å². The van der Waals surface area contributed by atoms with Crippen LogP contribution in [0.3, 0.4) is 0 Å². The molecule has 0 bridgehead atoms. The summed E-state index contributed by atoms with van der Waals surface area (Å²) in [7, 11) is 1.66. The highest BCUT2D eigenvalue weighted by molar-refractivity contribution is 8.01. The molecular weight excluding hydrogens is 240 g/mol. The molecule has 3 nitrogen and oxygen atoms in total. The van der Waals surface area contributed by atoms with E-state index < -0.39 is 0 Å². The smallest absolute Gasteiger partial charge is 0.220 e. The van der Waals surface area contributed by atoms with Gasteiger partial charge in [-0.25, -0.2) is 4.98 Å². The number of aromatic nitrogens is 1. The van der Waals surface area contributed by atoms with E-state index in [0.29, 0.717) is 6.42 Å². The Labute approximate surface area is 105 Å². The van der Waals surface area contributed by atoms with E-state index in [1.165, 1.54) is 0 Å². The standard InChI is InChI=1S/C11H18N2OS2/c1-11(2,3)8-7-16-10(13-8)15-6-5-9(14)12-4/h7H,5-6H2,1-4H3,(H,12,14). The van der Waals surface area contributed by atoms with Gasteiger partial charge < -0.3 is 5.32 Å². The first-order valence-electron chi connectivity index (χ1n) is 5.23. The fourth-order valence-electron chi connectivity index (χ4n) is 1.02. The van der Waals surface area contributed by atoms with Crippen LogP contribution in [0.2, 0.25) is 0 Å². The number of thiazole rings is 1. The number of carbonyl (C=O) groups excluding carboxylic acids is 1. The van der Waals surface area contributed by atoms with Gasteiger partial charge in [0.2, 0.25) is 5.91 Å². The molecule has 5 heteroatoms. The molecule has 90 valence electrons. The molecule has 1 rings (SSSR count). The average Bonchev–Trinajstić information content (AvgIpc) is 2.65. The van der Waals surface area contributed by atoms with Crippen molar-refractivity contribution in [1.29, 1.82) is 0 Å². The lowest BCUT2D eigenvalue weighted by atomic mass is 9.93. The van der Waals surface area contributed by atoms with Crippen LogP contribution in [0.1, 0.15) is 32.9 Å². The van der Waals surface area contributed by atoms with E-state index in [9.17, 15) is 4.79 Å². The van der Waals surface area contributed by atoms with Crippen LogP contribution in [0, 0.1) is 0 Å². The second kappa shape index (κ2) is 5.68. The van der Waals surface area contributed by atoms with E-state index in [0.717, 1.165) is 15.8 Å². The second-order valence-corrected chi connectivity index (χ2v) is 6.72. The molecule has 0 fully saturated rings. The van der Waals surface area contributed by atoms with Gasteiger partial charge in [-0.1, -0.05) is 32.5 Å². The normalized spacial score (nSPS) is 11.5. The van der Waals surface area contributed by atoms with E-state index in [1.54, 1.807) is 30.1 Å². The first-order valence-corrected chi connectivity index (χ1v) is 7.09.